The van der Waals surface area contributed by atoms with Gasteiger partial charge in [-0.1, -0.05) is 43.1 Å². The summed E-state index contributed by atoms with van der Waals surface area (Å²) in [6.45, 7) is 4.34. The number of hydrogen-bond acceptors (Lipinski definition) is 4. The van der Waals surface area contributed by atoms with Gasteiger partial charge in [0.25, 0.3) is 0 Å². The molecule has 1 aliphatic heterocycles. The molecule has 0 bridgehead atoms. The quantitative estimate of drug-likeness (QED) is 0.570. The maximum atomic E-state index is 5.96. The van der Waals surface area contributed by atoms with Gasteiger partial charge in [-0.3, -0.25) is 0 Å². The molecule has 0 spiro atoms. The summed E-state index contributed by atoms with van der Waals surface area (Å²) in [6, 6.07) is 15.4. The van der Waals surface area contributed by atoms with Crippen molar-refractivity contribution in [2.24, 2.45) is 5.92 Å². The number of benzene rings is 2. The molecule has 1 aliphatic rings. The summed E-state index contributed by atoms with van der Waals surface area (Å²) in [5, 5.41) is 11.6. The molecule has 6 heteroatoms. The topological polar surface area (TPSA) is 38.2 Å². The van der Waals surface area contributed by atoms with E-state index in [1.165, 1.54) is 12.8 Å². The fourth-order valence-electron chi connectivity index (χ4n) is 3.35. The van der Waals surface area contributed by atoms with E-state index in [4.69, 9.17) is 16.3 Å². The second-order valence-corrected chi connectivity index (χ2v) is 6.88. The van der Waals surface area contributed by atoms with Crippen LogP contribution in [0.25, 0.3) is 10.8 Å². The summed E-state index contributed by atoms with van der Waals surface area (Å²) in [5.41, 5.74) is 0. The predicted molar refractivity (Wildman–Crippen MR) is 109 cm³/mol. The van der Waals surface area contributed by atoms with Gasteiger partial charge in [-0.2, -0.15) is 0 Å². The highest BCUT2D eigenvalue weighted by Gasteiger charge is 2.24. The molecule has 0 saturated carbocycles. The third-order valence-electron chi connectivity index (χ3n) is 4.82. The van der Waals surface area contributed by atoms with Crippen LogP contribution in [0.15, 0.2) is 48.5 Å². The van der Waals surface area contributed by atoms with Crippen LogP contribution in [0.2, 0.25) is 5.02 Å². The Morgan fingerprint density at radius 1 is 1.08 bits per heavy atom. The SMILES string of the molecule is CCC1CCN(c2nnc(Oc3ccc(Cl)cc3)c3ccccc23)C1.Cl. The van der Waals surface area contributed by atoms with Crippen LogP contribution in [-0.4, -0.2) is 23.3 Å². The molecule has 4 rings (SSSR count). The van der Waals surface area contributed by atoms with Crippen LogP contribution in [0.4, 0.5) is 5.82 Å². The zero-order valence-corrected chi connectivity index (χ0v) is 16.1. The molecule has 0 N–H and O–H groups in total. The summed E-state index contributed by atoms with van der Waals surface area (Å²) < 4.78 is 5.96. The molecular weight excluding hydrogens is 369 g/mol. The van der Waals surface area contributed by atoms with E-state index in [9.17, 15) is 0 Å². The molecule has 1 fully saturated rings. The molecular formula is C20H21Cl2N3O. The van der Waals surface area contributed by atoms with Gasteiger partial charge in [-0.05, 0) is 42.7 Å². The fraction of sp³-hybridized carbons (Fsp3) is 0.300. The average molecular weight is 390 g/mol. The summed E-state index contributed by atoms with van der Waals surface area (Å²) in [7, 11) is 0. The minimum Gasteiger partial charge on any atom is -0.437 e. The molecule has 1 unspecified atom stereocenters. The Bertz CT molecular complexity index is 886. The van der Waals surface area contributed by atoms with E-state index in [0.29, 0.717) is 16.7 Å². The number of nitrogens with zero attached hydrogens (tertiary/aromatic N) is 3. The Morgan fingerprint density at radius 3 is 2.50 bits per heavy atom. The van der Waals surface area contributed by atoms with Crippen LogP contribution in [-0.2, 0) is 0 Å². The van der Waals surface area contributed by atoms with Gasteiger partial charge in [0.2, 0.25) is 5.88 Å². The van der Waals surface area contributed by atoms with Gasteiger partial charge < -0.3 is 9.64 Å². The Balaban J connectivity index is 0.00000196. The Morgan fingerprint density at radius 2 is 1.81 bits per heavy atom. The lowest BCUT2D eigenvalue weighted by molar-refractivity contribution is 0.462. The van der Waals surface area contributed by atoms with E-state index >= 15 is 0 Å². The Hall–Kier alpha value is -2.04. The smallest absolute Gasteiger partial charge is 0.246 e. The van der Waals surface area contributed by atoms with E-state index in [1.807, 2.05) is 30.3 Å². The molecule has 0 aliphatic carbocycles. The van der Waals surface area contributed by atoms with Crippen molar-refractivity contribution in [1.82, 2.24) is 10.2 Å². The number of anilines is 1. The van der Waals surface area contributed by atoms with E-state index in [1.54, 1.807) is 12.1 Å². The van der Waals surface area contributed by atoms with Crippen LogP contribution >= 0.6 is 24.0 Å². The van der Waals surface area contributed by atoms with Gasteiger partial charge in [-0.15, -0.1) is 22.6 Å². The van der Waals surface area contributed by atoms with E-state index < -0.39 is 0 Å². The molecule has 0 radical (unpaired) electrons. The first-order valence-electron chi connectivity index (χ1n) is 8.68. The summed E-state index contributed by atoms with van der Waals surface area (Å²) in [4.78, 5) is 2.34. The third kappa shape index (κ3) is 3.71. The largest absolute Gasteiger partial charge is 0.437 e. The average Bonchev–Trinajstić information content (AvgIpc) is 3.13. The molecule has 1 aromatic heterocycles. The Kier molecular flexibility index (Phi) is 5.84. The minimum absolute atomic E-state index is 0. The second-order valence-electron chi connectivity index (χ2n) is 6.44. The van der Waals surface area contributed by atoms with Crippen molar-refractivity contribution in [3.05, 3.63) is 53.6 Å². The van der Waals surface area contributed by atoms with Gasteiger partial charge in [0.05, 0.1) is 0 Å². The number of halogens is 2. The zero-order chi connectivity index (χ0) is 17.2. The van der Waals surface area contributed by atoms with Crippen LogP contribution < -0.4 is 9.64 Å². The number of aromatic nitrogens is 2. The van der Waals surface area contributed by atoms with Crippen molar-refractivity contribution >= 4 is 40.6 Å². The molecule has 2 heterocycles. The first kappa shape index (κ1) is 18.7. The maximum absolute atomic E-state index is 5.96. The van der Waals surface area contributed by atoms with Crippen LogP contribution in [0, 0.1) is 5.92 Å². The molecule has 26 heavy (non-hydrogen) atoms. The zero-order valence-electron chi connectivity index (χ0n) is 14.6. The van der Waals surface area contributed by atoms with Crippen molar-refractivity contribution in [2.45, 2.75) is 19.8 Å². The number of ether oxygens (including phenoxy) is 1. The molecule has 1 atom stereocenters. The van der Waals surface area contributed by atoms with Gasteiger partial charge in [0.15, 0.2) is 5.82 Å². The van der Waals surface area contributed by atoms with E-state index in [0.717, 1.165) is 35.6 Å². The van der Waals surface area contributed by atoms with E-state index in [2.05, 4.69) is 28.1 Å². The lowest BCUT2D eigenvalue weighted by Crippen LogP contribution is -2.21. The van der Waals surface area contributed by atoms with E-state index in [-0.39, 0.29) is 12.4 Å². The van der Waals surface area contributed by atoms with Crippen LogP contribution in [0.3, 0.4) is 0 Å². The van der Waals surface area contributed by atoms with Gasteiger partial charge in [0, 0.05) is 28.9 Å². The number of rotatable bonds is 4. The van der Waals surface area contributed by atoms with Gasteiger partial charge in [-0.25, -0.2) is 0 Å². The van der Waals surface area contributed by atoms with Crippen molar-refractivity contribution in [3.63, 3.8) is 0 Å². The van der Waals surface area contributed by atoms with Gasteiger partial charge >= 0.3 is 0 Å². The molecule has 2 aromatic carbocycles. The first-order valence-corrected chi connectivity index (χ1v) is 9.06. The highest BCUT2D eigenvalue weighted by atomic mass is 35.5. The van der Waals surface area contributed by atoms with Crippen LogP contribution in [0.1, 0.15) is 19.8 Å². The summed E-state index contributed by atoms with van der Waals surface area (Å²) in [6.07, 6.45) is 2.43. The normalized spacial score (nSPS) is 16.5. The highest BCUT2D eigenvalue weighted by molar-refractivity contribution is 6.30. The van der Waals surface area contributed by atoms with Gasteiger partial charge in [0.1, 0.15) is 5.75 Å². The molecule has 0 amide bonds. The lowest BCUT2D eigenvalue weighted by Gasteiger charge is -2.19. The Labute approximate surface area is 164 Å². The third-order valence-corrected chi connectivity index (χ3v) is 5.08. The first-order chi connectivity index (χ1) is 12.2. The monoisotopic (exact) mass is 389 g/mol. The second kappa shape index (κ2) is 8.11. The van der Waals surface area contributed by atoms with Crippen LogP contribution in [0.5, 0.6) is 11.6 Å². The molecule has 3 aromatic rings. The lowest BCUT2D eigenvalue weighted by atomic mass is 10.1. The molecule has 1 saturated heterocycles. The molecule has 136 valence electrons. The molecule has 4 nitrogen and oxygen atoms in total. The predicted octanol–water partition coefficient (Wildman–Crippen LogP) is 5.73. The number of hydrogen-bond donors (Lipinski definition) is 0. The summed E-state index contributed by atoms with van der Waals surface area (Å²) in [5.74, 6) is 2.91. The minimum atomic E-state index is 0. The fourth-order valence-corrected chi connectivity index (χ4v) is 3.47. The highest BCUT2D eigenvalue weighted by Crippen LogP contribution is 2.34. The van der Waals surface area contributed by atoms with Crippen molar-refractivity contribution in [1.29, 1.82) is 0 Å². The maximum Gasteiger partial charge on any atom is 0.246 e. The standard InChI is InChI=1S/C20H20ClN3O.ClH/c1-2-14-11-12-24(13-14)19-17-5-3-4-6-18(17)20(23-22-19)25-16-9-7-15(21)8-10-16;/h3-10,14H,2,11-13H2,1H3;1H. The van der Waals surface area contributed by atoms with Crippen molar-refractivity contribution < 1.29 is 4.74 Å². The summed E-state index contributed by atoms with van der Waals surface area (Å²) >= 11 is 5.94. The van der Waals surface area contributed by atoms with Crippen molar-refractivity contribution in [2.75, 3.05) is 18.0 Å². The number of fused-ring (bicyclic) bond motifs is 1. The van der Waals surface area contributed by atoms with Crippen molar-refractivity contribution in [3.8, 4) is 11.6 Å².